The molecule has 2 aliphatic rings. The molecule has 2 aromatic rings. The number of nitrogens with one attached hydrogen (secondary N) is 1. The van der Waals surface area contributed by atoms with Gasteiger partial charge in [-0.1, -0.05) is 75.1 Å². The average molecular weight is 426 g/mol. The number of hydrogen-bond acceptors (Lipinski definition) is 4. The van der Waals surface area contributed by atoms with Crippen molar-refractivity contribution in [3.8, 4) is 11.3 Å². The molecule has 5 nitrogen and oxygen atoms in total. The summed E-state index contributed by atoms with van der Waals surface area (Å²) in [5.74, 6) is 0.199. The number of thioether (sulfide) groups is 1. The molecule has 0 saturated heterocycles. The monoisotopic (exact) mass is 425 g/mol. The second-order valence-corrected chi connectivity index (χ2v) is 9.74. The van der Waals surface area contributed by atoms with Crippen LogP contribution < -0.4 is 11.3 Å². The van der Waals surface area contributed by atoms with Crippen LogP contribution in [-0.2, 0) is 16.6 Å². The maximum absolute atomic E-state index is 13.5. The molecule has 0 bridgehead atoms. The fourth-order valence-electron chi connectivity index (χ4n) is 5.56. The summed E-state index contributed by atoms with van der Waals surface area (Å²) in [5, 5.41) is 0.474. The van der Waals surface area contributed by atoms with Crippen LogP contribution in [0.2, 0.25) is 0 Å². The first kappa shape index (κ1) is 21.2. The molecule has 160 valence electrons. The van der Waals surface area contributed by atoms with Crippen LogP contribution in [-0.4, -0.2) is 21.6 Å². The van der Waals surface area contributed by atoms with Crippen molar-refractivity contribution in [3.63, 3.8) is 0 Å². The summed E-state index contributed by atoms with van der Waals surface area (Å²) in [6.45, 7) is 2.22. The number of unbranched alkanes of at least 4 members (excludes halogenated alkanes) is 1. The molecule has 1 atom stereocenters. The number of hydrogen-bond donors (Lipinski definition) is 2. The van der Waals surface area contributed by atoms with E-state index in [0.29, 0.717) is 11.1 Å². The fourth-order valence-corrected chi connectivity index (χ4v) is 6.16. The fraction of sp³-hybridized carbons (Fsp3) is 0.542. The van der Waals surface area contributed by atoms with Gasteiger partial charge in [-0.3, -0.25) is 9.59 Å². The van der Waals surface area contributed by atoms with Gasteiger partial charge in [0.2, 0.25) is 5.91 Å². The lowest BCUT2D eigenvalue weighted by Gasteiger charge is -2.46. The lowest BCUT2D eigenvalue weighted by atomic mass is 9.57. The predicted molar refractivity (Wildman–Crippen MR) is 122 cm³/mol. The number of primary amides is 1. The zero-order valence-corrected chi connectivity index (χ0v) is 18.5. The molecule has 1 amide bonds. The smallest absolute Gasteiger partial charge is 0.255 e. The Bertz CT molecular complexity index is 981. The van der Waals surface area contributed by atoms with Crippen molar-refractivity contribution in [2.45, 2.75) is 75.3 Å². The Morgan fingerprint density at radius 3 is 2.77 bits per heavy atom. The number of H-pyrrole nitrogens is 1. The number of carbonyl (C=O) groups excluding carboxylic acids is 1. The maximum Gasteiger partial charge on any atom is 0.255 e. The van der Waals surface area contributed by atoms with Crippen LogP contribution in [0.15, 0.2) is 34.2 Å². The summed E-state index contributed by atoms with van der Waals surface area (Å²) in [4.78, 5) is 32.7. The molecule has 1 heterocycles. The quantitative estimate of drug-likeness (QED) is 0.502. The first-order chi connectivity index (χ1) is 14.5. The molecule has 6 heteroatoms. The number of aromatic amines is 1. The van der Waals surface area contributed by atoms with Gasteiger partial charge in [0.25, 0.3) is 5.56 Å². The van der Waals surface area contributed by atoms with E-state index >= 15 is 0 Å². The molecule has 30 heavy (non-hydrogen) atoms. The van der Waals surface area contributed by atoms with Crippen LogP contribution in [0, 0.1) is 5.92 Å². The normalized spacial score (nSPS) is 21.1. The van der Waals surface area contributed by atoms with Gasteiger partial charge in [0.1, 0.15) is 0 Å². The Morgan fingerprint density at radius 1 is 1.27 bits per heavy atom. The van der Waals surface area contributed by atoms with Gasteiger partial charge in [-0.15, -0.1) is 0 Å². The largest absolute Gasteiger partial charge is 0.369 e. The van der Waals surface area contributed by atoms with Crippen molar-refractivity contribution < 1.29 is 4.79 Å². The highest BCUT2D eigenvalue weighted by Crippen LogP contribution is 2.51. The highest BCUT2D eigenvalue weighted by molar-refractivity contribution is 7.99. The molecule has 0 radical (unpaired) electrons. The van der Waals surface area contributed by atoms with E-state index in [1.165, 1.54) is 49.4 Å². The van der Waals surface area contributed by atoms with Crippen molar-refractivity contribution >= 4 is 17.7 Å². The average Bonchev–Trinajstić information content (AvgIpc) is 2.76. The maximum atomic E-state index is 13.5. The summed E-state index contributed by atoms with van der Waals surface area (Å²) in [7, 11) is 0. The molecular weight excluding hydrogens is 394 g/mol. The number of carbonyl (C=O) groups is 1. The molecule has 1 unspecified atom stereocenters. The van der Waals surface area contributed by atoms with Crippen LogP contribution in [0.3, 0.4) is 0 Å². The molecule has 1 fully saturated rings. The van der Waals surface area contributed by atoms with E-state index in [2.05, 4.69) is 30.1 Å². The Labute approximate surface area is 182 Å². The third kappa shape index (κ3) is 3.94. The SMILES string of the molecule is CCCCC1(C2CCCCC2)Cc2ccccc2-c2nc(SCC(N)=O)[nH]c(=O)c21. The van der Waals surface area contributed by atoms with Crippen molar-refractivity contribution in [1.82, 2.24) is 9.97 Å². The van der Waals surface area contributed by atoms with Gasteiger partial charge in [0.15, 0.2) is 5.16 Å². The summed E-state index contributed by atoms with van der Waals surface area (Å²) >= 11 is 1.20. The summed E-state index contributed by atoms with van der Waals surface area (Å²) in [6, 6.07) is 8.38. The third-order valence-electron chi connectivity index (χ3n) is 6.89. The van der Waals surface area contributed by atoms with E-state index in [1.807, 2.05) is 6.07 Å². The minimum atomic E-state index is -0.416. The number of amides is 1. The van der Waals surface area contributed by atoms with E-state index < -0.39 is 5.91 Å². The molecule has 1 saturated carbocycles. The molecular formula is C24H31N3O2S. The van der Waals surface area contributed by atoms with E-state index in [4.69, 9.17) is 10.7 Å². The number of rotatable bonds is 7. The highest BCUT2D eigenvalue weighted by Gasteiger charge is 2.47. The van der Waals surface area contributed by atoms with Crippen molar-refractivity contribution in [3.05, 3.63) is 45.7 Å². The van der Waals surface area contributed by atoms with Crippen LogP contribution in [0.1, 0.15) is 69.4 Å². The molecule has 3 N–H and O–H groups in total. The van der Waals surface area contributed by atoms with Crippen molar-refractivity contribution in [2.24, 2.45) is 11.7 Å². The zero-order valence-electron chi connectivity index (χ0n) is 17.7. The zero-order chi connectivity index (χ0) is 21.1. The standard InChI is InChI=1S/C24H31N3O2S/c1-2-3-13-24(17-10-5-4-6-11-17)14-16-9-7-8-12-18(16)21-20(24)22(29)27-23(26-21)30-15-19(25)28/h7-9,12,17H,2-6,10-11,13-15H2,1H3,(H2,25,28)(H,26,27,29). The molecule has 1 aromatic carbocycles. The van der Waals surface area contributed by atoms with Crippen LogP contribution in [0.5, 0.6) is 0 Å². The van der Waals surface area contributed by atoms with Gasteiger partial charge < -0.3 is 10.7 Å². The van der Waals surface area contributed by atoms with Crippen LogP contribution in [0.25, 0.3) is 11.3 Å². The number of nitrogens with two attached hydrogens (primary N) is 1. The van der Waals surface area contributed by atoms with Crippen LogP contribution in [0.4, 0.5) is 0 Å². The second-order valence-electron chi connectivity index (χ2n) is 8.78. The molecule has 0 spiro atoms. The Balaban J connectivity index is 1.90. The van der Waals surface area contributed by atoms with Crippen molar-refractivity contribution in [2.75, 3.05) is 5.75 Å². The predicted octanol–water partition coefficient (Wildman–Crippen LogP) is 4.58. The van der Waals surface area contributed by atoms with E-state index in [0.717, 1.165) is 42.5 Å². The van der Waals surface area contributed by atoms with E-state index in [-0.39, 0.29) is 16.7 Å². The minimum Gasteiger partial charge on any atom is -0.369 e. The Morgan fingerprint density at radius 2 is 2.03 bits per heavy atom. The third-order valence-corrected chi connectivity index (χ3v) is 7.78. The van der Waals surface area contributed by atoms with Crippen LogP contribution >= 0.6 is 11.8 Å². The lowest BCUT2D eigenvalue weighted by Crippen LogP contribution is -2.45. The lowest BCUT2D eigenvalue weighted by molar-refractivity contribution is -0.115. The van der Waals surface area contributed by atoms with Gasteiger partial charge in [-0.25, -0.2) is 4.98 Å². The van der Waals surface area contributed by atoms with Gasteiger partial charge in [-0.05, 0) is 37.2 Å². The van der Waals surface area contributed by atoms with Gasteiger partial charge in [0, 0.05) is 11.0 Å². The molecule has 2 aliphatic carbocycles. The topological polar surface area (TPSA) is 88.8 Å². The number of fused-ring (bicyclic) bond motifs is 3. The van der Waals surface area contributed by atoms with E-state index in [9.17, 15) is 9.59 Å². The summed E-state index contributed by atoms with van der Waals surface area (Å²) in [6.07, 6.45) is 10.3. The Kier molecular flexibility index (Phi) is 6.32. The van der Waals surface area contributed by atoms with E-state index in [1.54, 1.807) is 0 Å². The second kappa shape index (κ2) is 8.96. The Hall–Kier alpha value is -2.08. The minimum absolute atomic E-state index is 0.0387. The first-order valence-electron chi connectivity index (χ1n) is 11.2. The molecule has 0 aliphatic heterocycles. The van der Waals surface area contributed by atoms with Gasteiger partial charge in [-0.2, -0.15) is 0 Å². The van der Waals surface area contributed by atoms with Crippen molar-refractivity contribution in [1.29, 1.82) is 0 Å². The number of aromatic nitrogens is 2. The molecule has 4 rings (SSSR count). The number of nitrogens with zero attached hydrogens (tertiary/aromatic N) is 1. The summed E-state index contributed by atoms with van der Waals surface area (Å²) < 4.78 is 0. The van der Waals surface area contributed by atoms with Gasteiger partial charge in [0.05, 0.1) is 17.0 Å². The number of benzene rings is 1. The first-order valence-corrected chi connectivity index (χ1v) is 12.2. The molecule has 1 aromatic heterocycles. The highest BCUT2D eigenvalue weighted by atomic mass is 32.2. The van der Waals surface area contributed by atoms with Gasteiger partial charge >= 0.3 is 0 Å². The summed E-state index contributed by atoms with van der Waals surface area (Å²) in [5.41, 5.74) is 9.15.